The maximum Gasteiger partial charge on any atom is 0.410 e. The van der Waals surface area contributed by atoms with Crippen LogP contribution in [0.5, 0.6) is 11.5 Å². The summed E-state index contributed by atoms with van der Waals surface area (Å²) in [6.07, 6.45) is -0.464. The van der Waals surface area contributed by atoms with E-state index in [-0.39, 0.29) is 22.6 Å². The molecule has 0 aliphatic carbocycles. The number of rotatable bonds is 4. The number of hydrogen-bond acceptors (Lipinski definition) is 4. The molecule has 0 saturated carbocycles. The van der Waals surface area contributed by atoms with Crippen LogP contribution in [0.15, 0.2) is 36.4 Å². The second-order valence-corrected chi connectivity index (χ2v) is 8.44. The van der Waals surface area contributed by atoms with Crippen LogP contribution in [0.2, 0.25) is 5.02 Å². The fraction of sp³-hybridized carbons (Fsp3) is 0.409. The van der Waals surface area contributed by atoms with Gasteiger partial charge in [0.2, 0.25) is 0 Å². The molecule has 162 valence electrons. The quantitative estimate of drug-likeness (QED) is 0.623. The predicted octanol–water partition coefficient (Wildman–Crippen LogP) is 5.59. The molecule has 1 unspecified atom stereocenters. The molecule has 2 aromatic rings. The minimum Gasteiger partial charge on any atom is -0.452 e. The Balaban J connectivity index is 1.75. The first kappa shape index (κ1) is 22.3. The minimum absolute atomic E-state index is 0.0102. The molecule has 0 spiro atoms. The summed E-state index contributed by atoms with van der Waals surface area (Å²) < 4.78 is 44.7. The first-order valence-corrected chi connectivity index (χ1v) is 10.00. The zero-order valence-corrected chi connectivity index (χ0v) is 17.8. The minimum atomic E-state index is -0.594. The summed E-state index contributed by atoms with van der Waals surface area (Å²) in [4.78, 5) is 13.9. The van der Waals surface area contributed by atoms with Crippen LogP contribution in [-0.4, -0.2) is 42.4 Å². The molecule has 30 heavy (non-hydrogen) atoms. The van der Waals surface area contributed by atoms with Crippen LogP contribution >= 0.6 is 11.6 Å². The molecule has 1 amide bonds. The summed E-state index contributed by atoms with van der Waals surface area (Å²) in [7, 11) is 0. The summed E-state index contributed by atoms with van der Waals surface area (Å²) in [5.41, 5.74) is -0.0467. The smallest absolute Gasteiger partial charge is 0.410 e. The van der Waals surface area contributed by atoms with Gasteiger partial charge in [-0.1, -0.05) is 23.7 Å². The Morgan fingerprint density at radius 1 is 1.27 bits per heavy atom. The lowest BCUT2D eigenvalue weighted by Gasteiger charge is -2.34. The van der Waals surface area contributed by atoms with Gasteiger partial charge in [-0.3, -0.25) is 0 Å². The van der Waals surface area contributed by atoms with Crippen molar-refractivity contribution < 1.29 is 27.8 Å². The van der Waals surface area contributed by atoms with E-state index in [1.54, 1.807) is 37.8 Å². The van der Waals surface area contributed by atoms with Gasteiger partial charge in [-0.25, -0.2) is 13.6 Å². The summed E-state index contributed by atoms with van der Waals surface area (Å²) in [6.45, 7) is 6.49. The summed E-state index contributed by atoms with van der Waals surface area (Å²) >= 11 is 6.01. The normalized spacial score (nSPS) is 17.0. The molecule has 1 heterocycles. The number of carbonyl (C=O) groups is 1. The van der Waals surface area contributed by atoms with E-state index in [0.717, 1.165) is 6.07 Å². The molecule has 1 saturated heterocycles. The lowest BCUT2D eigenvalue weighted by atomic mass is 10.0. The standard InChI is InChI=1S/C22H24ClF2NO4/c1-22(2,3)30-21(27)26-9-10-28-16(13-26)11-14-5-4-6-18(25)20(14)29-19-8-7-15(24)12-17(19)23/h4-8,12,16H,9-11,13H2,1-3H3. The van der Waals surface area contributed by atoms with Crippen molar-refractivity contribution in [2.75, 3.05) is 19.7 Å². The monoisotopic (exact) mass is 439 g/mol. The molecule has 1 fully saturated rings. The molecule has 5 nitrogen and oxygen atoms in total. The van der Waals surface area contributed by atoms with Crippen LogP contribution in [0.25, 0.3) is 0 Å². The molecule has 1 atom stereocenters. The van der Waals surface area contributed by atoms with E-state index in [9.17, 15) is 13.6 Å². The average Bonchev–Trinajstić information content (AvgIpc) is 2.65. The Kier molecular flexibility index (Phi) is 6.83. The third kappa shape index (κ3) is 5.83. The molecule has 3 rings (SSSR count). The van der Waals surface area contributed by atoms with Gasteiger partial charge >= 0.3 is 6.09 Å². The molecule has 2 aromatic carbocycles. The number of para-hydroxylation sites is 1. The molecule has 0 radical (unpaired) electrons. The maximum atomic E-state index is 14.5. The van der Waals surface area contributed by atoms with E-state index in [1.165, 1.54) is 18.2 Å². The summed E-state index contributed by atoms with van der Waals surface area (Å²) in [6, 6.07) is 8.18. The predicted molar refractivity (Wildman–Crippen MR) is 109 cm³/mol. The van der Waals surface area contributed by atoms with Gasteiger partial charge in [0.05, 0.1) is 24.3 Å². The molecule has 0 N–H and O–H groups in total. The van der Waals surface area contributed by atoms with Gasteiger partial charge in [-0.05, 0) is 45.0 Å². The van der Waals surface area contributed by atoms with Crippen LogP contribution < -0.4 is 4.74 Å². The topological polar surface area (TPSA) is 48.0 Å². The van der Waals surface area contributed by atoms with Gasteiger partial charge in [0, 0.05) is 18.5 Å². The number of ether oxygens (including phenoxy) is 3. The maximum absolute atomic E-state index is 14.5. The van der Waals surface area contributed by atoms with Crippen molar-refractivity contribution in [1.82, 2.24) is 4.90 Å². The second-order valence-electron chi connectivity index (χ2n) is 8.03. The summed E-state index contributed by atoms with van der Waals surface area (Å²) in [5, 5.41) is 0.0363. The van der Waals surface area contributed by atoms with Crippen molar-refractivity contribution in [3.05, 3.63) is 58.6 Å². The second kappa shape index (κ2) is 9.18. The van der Waals surface area contributed by atoms with Gasteiger partial charge in [0.25, 0.3) is 0 Å². The first-order valence-electron chi connectivity index (χ1n) is 9.62. The van der Waals surface area contributed by atoms with Crippen LogP contribution in [0.1, 0.15) is 26.3 Å². The van der Waals surface area contributed by atoms with Crippen molar-refractivity contribution in [1.29, 1.82) is 0 Å². The molecule has 0 bridgehead atoms. The highest BCUT2D eigenvalue weighted by Gasteiger charge is 2.29. The number of carbonyl (C=O) groups excluding carboxylic acids is 1. The molecular formula is C22H24ClF2NO4. The van der Waals surface area contributed by atoms with Crippen LogP contribution in [0.3, 0.4) is 0 Å². The van der Waals surface area contributed by atoms with E-state index in [4.69, 9.17) is 25.8 Å². The van der Waals surface area contributed by atoms with E-state index >= 15 is 0 Å². The van der Waals surface area contributed by atoms with Gasteiger partial charge in [0.1, 0.15) is 17.2 Å². The molecule has 1 aliphatic heterocycles. The van der Waals surface area contributed by atoms with Gasteiger partial charge in [-0.2, -0.15) is 0 Å². The Morgan fingerprint density at radius 3 is 2.73 bits per heavy atom. The van der Waals surface area contributed by atoms with Crippen molar-refractivity contribution in [3.8, 4) is 11.5 Å². The number of nitrogens with zero attached hydrogens (tertiary/aromatic N) is 1. The van der Waals surface area contributed by atoms with Gasteiger partial charge in [-0.15, -0.1) is 0 Å². The highest BCUT2D eigenvalue weighted by Crippen LogP contribution is 2.34. The van der Waals surface area contributed by atoms with E-state index in [2.05, 4.69) is 0 Å². The summed E-state index contributed by atoms with van der Waals surface area (Å²) in [5.74, 6) is -0.958. The largest absolute Gasteiger partial charge is 0.452 e. The average molecular weight is 440 g/mol. The van der Waals surface area contributed by atoms with Crippen molar-refractivity contribution in [2.24, 2.45) is 0 Å². The number of morpholine rings is 1. The van der Waals surface area contributed by atoms with E-state index in [0.29, 0.717) is 31.7 Å². The highest BCUT2D eigenvalue weighted by atomic mass is 35.5. The number of hydrogen-bond donors (Lipinski definition) is 0. The zero-order valence-electron chi connectivity index (χ0n) is 17.1. The Hall–Kier alpha value is -2.38. The number of amides is 1. The van der Waals surface area contributed by atoms with Crippen LogP contribution in [-0.2, 0) is 15.9 Å². The third-order valence-electron chi connectivity index (χ3n) is 4.39. The zero-order chi connectivity index (χ0) is 21.9. The van der Waals surface area contributed by atoms with Gasteiger partial charge in [0.15, 0.2) is 11.6 Å². The van der Waals surface area contributed by atoms with Gasteiger partial charge < -0.3 is 19.1 Å². The molecule has 0 aromatic heterocycles. The Labute approximate surface area is 179 Å². The van der Waals surface area contributed by atoms with E-state index < -0.39 is 23.3 Å². The Bertz CT molecular complexity index is 916. The Morgan fingerprint density at radius 2 is 2.03 bits per heavy atom. The first-order chi connectivity index (χ1) is 14.1. The number of halogens is 3. The van der Waals surface area contributed by atoms with Crippen molar-refractivity contribution >= 4 is 17.7 Å². The lowest BCUT2D eigenvalue weighted by molar-refractivity contribution is -0.0416. The fourth-order valence-electron chi connectivity index (χ4n) is 3.08. The fourth-order valence-corrected chi connectivity index (χ4v) is 3.28. The molecule has 1 aliphatic rings. The molecular weight excluding hydrogens is 416 g/mol. The third-order valence-corrected chi connectivity index (χ3v) is 4.69. The highest BCUT2D eigenvalue weighted by molar-refractivity contribution is 6.32. The van der Waals surface area contributed by atoms with Crippen LogP contribution in [0, 0.1) is 11.6 Å². The lowest BCUT2D eigenvalue weighted by Crippen LogP contribution is -2.48. The van der Waals surface area contributed by atoms with Crippen molar-refractivity contribution in [2.45, 2.75) is 38.9 Å². The SMILES string of the molecule is CC(C)(C)OC(=O)N1CCOC(Cc2cccc(F)c2Oc2ccc(F)cc2Cl)C1. The van der Waals surface area contributed by atoms with E-state index in [1.807, 2.05) is 0 Å². The van der Waals surface area contributed by atoms with Crippen LogP contribution in [0.4, 0.5) is 13.6 Å². The van der Waals surface area contributed by atoms with Crippen molar-refractivity contribution in [3.63, 3.8) is 0 Å². The molecule has 8 heteroatoms. The number of benzene rings is 2.